The zero-order valence-corrected chi connectivity index (χ0v) is 14.0. The van der Waals surface area contributed by atoms with Gasteiger partial charge in [-0.25, -0.2) is 4.79 Å². The molecule has 0 aliphatic heterocycles. The fourth-order valence-electron chi connectivity index (χ4n) is 2.50. The van der Waals surface area contributed by atoms with Crippen molar-refractivity contribution >= 4 is 11.8 Å². The summed E-state index contributed by atoms with van der Waals surface area (Å²) in [4.78, 5) is 17.2. The van der Waals surface area contributed by atoms with E-state index in [1.54, 1.807) is 18.2 Å². The summed E-state index contributed by atoms with van der Waals surface area (Å²) in [5.74, 6) is 0.809. The topological polar surface area (TPSA) is 77.8 Å². The molecule has 0 saturated carbocycles. The number of carbonyl (C=O) groups excluding carboxylic acids is 1. The Hall–Kier alpha value is -3.34. The second kappa shape index (κ2) is 7.05. The van der Waals surface area contributed by atoms with E-state index < -0.39 is 5.97 Å². The standard InChI is InChI=1S/C20H18N2O3/c1-13-8-6-7-11-16(13)20(23)25-22-19(21)17-12-14(2)24-18(17)15-9-4-3-5-10-15/h3-12H,1-2H3,(H2,21,22). The van der Waals surface area contributed by atoms with Crippen LogP contribution in [0.5, 0.6) is 0 Å². The highest BCUT2D eigenvalue weighted by molar-refractivity contribution is 6.03. The van der Waals surface area contributed by atoms with Crippen molar-refractivity contribution in [3.8, 4) is 11.3 Å². The molecule has 0 unspecified atom stereocenters. The highest BCUT2D eigenvalue weighted by Gasteiger charge is 2.16. The monoisotopic (exact) mass is 334 g/mol. The van der Waals surface area contributed by atoms with Gasteiger partial charge >= 0.3 is 5.97 Å². The molecule has 1 heterocycles. The number of oxime groups is 1. The van der Waals surface area contributed by atoms with Crippen LogP contribution >= 0.6 is 0 Å². The third-order valence-corrected chi connectivity index (χ3v) is 3.76. The summed E-state index contributed by atoms with van der Waals surface area (Å²) in [5.41, 5.74) is 8.74. The maximum Gasteiger partial charge on any atom is 0.366 e. The van der Waals surface area contributed by atoms with Crippen LogP contribution in [-0.2, 0) is 4.84 Å². The average molecular weight is 334 g/mol. The van der Waals surface area contributed by atoms with Gasteiger partial charge in [0.2, 0.25) is 0 Å². The van der Waals surface area contributed by atoms with Crippen LogP contribution in [0.2, 0.25) is 0 Å². The number of amidine groups is 1. The summed E-state index contributed by atoms with van der Waals surface area (Å²) in [5, 5.41) is 3.80. The average Bonchev–Trinajstić information content (AvgIpc) is 3.02. The lowest BCUT2D eigenvalue weighted by Crippen LogP contribution is -2.15. The Labute approximate surface area is 145 Å². The zero-order valence-electron chi connectivity index (χ0n) is 14.0. The summed E-state index contributed by atoms with van der Waals surface area (Å²) in [6.07, 6.45) is 0. The van der Waals surface area contributed by atoms with Crippen molar-refractivity contribution in [1.29, 1.82) is 0 Å². The van der Waals surface area contributed by atoms with Crippen LogP contribution < -0.4 is 5.73 Å². The summed E-state index contributed by atoms with van der Waals surface area (Å²) in [6.45, 7) is 3.65. The van der Waals surface area contributed by atoms with Crippen LogP contribution in [0.15, 0.2) is 70.2 Å². The van der Waals surface area contributed by atoms with Gasteiger partial charge in [0.15, 0.2) is 5.84 Å². The zero-order chi connectivity index (χ0) is 17.8. The van der Waals surface area contributed by atoms with E-state index in [9.17, 15) is 4.79 Å². The molecule has 0 spiro atoms. The fraction of sp³-hybridized carbons (Fsp3) is 0.100. The SMILES string of the molecule is Cc1cc(/C(N)=N/OC(=O)c2ccccc2C)c(-c2ccccc2)o1. The first-order valence-electron chi connectivity index (χ1n) is 7.83. The summed E-state index contributed by atoms with van der Waals surface area (Å²) in [6, 6.07) is 18.4. The van der Waals surface area contributed by atoms with E-state index in [-0.39, 0.29) is 5.84 Å². The van der Waals surface area contributed by atoms with Gasteiger partial charge in [0.25, 0.3) is 0 Å². The molecule has 5 nitrogen and oxygen atoms in total. The smallest absolute Gasteiger partial charge is 0.366 e. The van der Waals surface area contributed by atoms with Gasteiger partial charge in [-0.05, 0) is 31.5 Å². The molecule has 0 radical (unpaired) electrons. The first kappa shape index (κ1) is 16.5. The van der Waals surface area contributed by atoms with Gasteiger partial charge < -0.3 is 15.0 Å². The van der Waals surface area contributed by atoms with Crippen molar-refractivity contribution in [2.75, 3.05) is 0 Å². The maximum absolute atomic E-state index is 12.2. The van der Waals surface area contributed by atoms with Crippen molar-refractivity contribution in [3.63, 3.8) is 0 Å². The van der Waals surface area contributed by atoms with Gasteiger partial charge in [0, 0.05) is 5.56 Å². The number of rotatable bonds is 4. The highest BCUT2D eigenvalue weighted by atomic mass is 16.7. The molecule has 0 aliphatic rings. The van der Waals surface area contributed by atoms with Gasteiger partial charge in [-0.3, -0.25) is 0 Å². The summed E-state index contributed by atoms with van der Waals surface area (Å²) < 4.78 is 5.73. The van der Waals surface area contributed by atoms with E-state index >= 15 is 0 Å². The molecule has 0 fully saturated rings. The van der Waals surface area contributed by atoms with Crippen LogP contribution in [0.4, 0.5) is 0 Å². The summed E-state index contributed by atoms with van der Waals surface area (Å²) in [7, 11) is 0. The second-order valence-electron chi connectivity index (χ2n) is 5.64. The molecular weight excluding hydrogens is 316 g/mol. The molecule has 3 aromatic rings. The predicted octanol–water partition coefficient (Wildman–Crippen LogP) is 4.04. The van der Waals surface area contributed by atoms with Crippen LogP contribution in [0, 0.1) is 13.8 Å². The van der Waals surface area contributed by atoms with Gasteiger partial charge in [-0.2, -0.15) is 0 Å². The van der Waals surface area contributed by atoms with E-state index in [0.717, 1.165) is 11.1 Å². The first-order valence-corrected chi connectivity index (χ1v) is 7.83. The molecule has 0 atom stereocenters. The minimum absolute atomic E-state index is 0.0811. The number of aryl methyl sites for hydroxylation is 2. The molecule has 0 aliphatic carbocycles. The van der Waals surface area contributed by atoms with Crippen LogP contribution in [0.25, 0.3) is 11.3 Å². The number of benzene rings is 2. The number of furan rings is 1. The van der Waals surface area contributed by atoms with Gasteiger partial charge in [-0.15, -0.1) is 0 Å². The minimum atomic E-state index is -0.553. The fourth-order valence-corrected chi connectivity index (χ4v) is 2.50. The van der Waals surface area contributed by atoms with Crippen molar-refractivity contribution in [3.05, 3.63) is 83.1 Å². The number of nitrogens with two attached hydrogens (primary N) is 1. The molecule has 25 heavy (non-hydrogen) atoms. The molecule has 5 heteroatoms. The molecule has 0 amide bonds. The van der Waals surface area contributed by atoms with E-state index in [0.29, 0.717) is 22.6 Å². The Morgan fingerprint density at radius 2 is 1.68 bits per heavy atom. The van der Waals surface area contributed by atoms with Crippen molar-refractivity contribution in [1.82, 2.24) is 0 Å². The van der Waals surface area contributed by atoms with Crippen LogP contribution in [0.1, 0.15) is 27.2 Å². The molecular formula is C20H18N2O3. The molecule has 1 aromatic heterocycles. The largest absolute Gasteiger partial charge is 0.461 e. The Kier molecular flexibility index (Phi) is 4.66. The highest BCUT2D eigenvalue weighted by Crippen LogP contribution is 2.27. The third-order valence-electron chi connectivity index (χ3n) is 3.76. The first-order chi connectivity index (χ1) is 12.1. The van der Waals surface area contributed by atoms with Gasteiger partial charge in [-0.1, -0.05) is 53.7 Å². The van der Waals surface area contributed by atoms with E-state index in [1.165, 1.54) is 0 Å². The lowest BCUT2D eigenvalue weighted by atomic mass is 10.1. The Morgan fingerprint density at radius 3 is 2.40 bits per heavy atom. The number of hydrogen-bond acceptors (Lipinski definition) is 4. The second-order valence-corrected chi connectivity index (χ2v) is 5.64. The Morgan fingerprint density at radius 1 is 1.00 bits per heavy atom. The molecule has 0 saturated heterocycles. The molecule has 126 valence electrons. The predicted molar refractivity (Wildman–Crippen MR) is 96.2 cm³/mol. The third kappa shape index (κ3) is 3.61. The molecule has 3 rings (SSSR count). The molecule has 0 bridgehead atoms. The maximum atomic E-state index is 12.2. The lowest BCUT2D eigenvalue weighted by molar-refractivity contribution is 0.0515. The summed E-state index contributed by atoms with van der Waals surface area (Å²) >= 11 is 0. The van der Waals surface area contributed by atoms with Crippen LogP contribution in [-0.4, -0.2) is 11.8 Å². The van der Waals surface area contributed by atoms with Crippen molar-refractivity contribution in [2.24, 2.45) is 10.9 Å². The number of carbonyl (C=O) groups is 1. The molecule has 2 N–H and O–H groups in total. The van der Waals surface area contributed by atoms with E-state index in [2.05, 4.69) is 5.16 Å². The minimum Gasteiger partial charge on any atom is -0.461 e. The van der Waals surface area contributed by atoms with Gasteiger partial charge in [0.1, 0.15) is 11.5 Å². The molecule has 2 aromatic carbocycles. The number of nitrogens with zero attached hydrogens (tertiary/aromatic N) is 1. The lowest BCUT2D eigenvalue weighted by Gasteiger charge is -2.04. The number of hydrogen-bond donors (Lipinski definition) is 1. The van der Waals surface area contributed by atoms with Crippen LogP contribution in [0.3, 0.4) is 0 Å². The van der Waals surface area contributed by atoms with Gasteiger partial charge in [0.05, 0.1) is 11.1 Å². The van der Waals surface area contributed by atoms with E-state index in [1.807, 2.05) is 56.3 Å². The van der Waals surface area contributed by atoms with Crippen molar-refractivity contribution < 1.29 is 14.0 Å². The Balaban J connectivity index is 1.86. The Bertz CT molecular complexity index is 927. The quantitative estimate of drug-likeness (QED) is 0.338. The van der Waals surface area contributed by atoms with E-state index in [4.69, 9.17) is 15.0 Å². The normalized spacial score (nSPS) is 11.4. The van der Waals surface area contributed by atoms with Crippen molar-refractivity contribution in [2.45, 2.75) is 13.8 Å².